The van der Waals surface area contributed by atoms with Gasteiger partial charge in [0.2, 0.25) is 0 Å². The highest BCUT2D eigenvalue weighted by atomic mass is 16.4. The van der Waals surface area contributed by atoms with Crippen molar-refractivity contribution in [2.45, 2.75) is 6.42 Å². The third-order valence-electron chi connectivity index (χ3n) is 2.94. The molecule has 0 aromatic carbocycles. The summed E-state index contributed by atoms with van der Waals surface area (Å²) in [5.74, 6) is -3.48. The van der Waals surface area contributed by atoms with E-state index in [0.29, 0.717) is 6.42 Å². The molecule has 2 aliphatic rings. The fraction of sp³-hybridized carbons (Fsp3) is 0.364. The smallest absolute Gasteiger partial charge is 0.311 e. The first-order chi connectivity index (χ1) is 7.11. The summed E-state index contributed by atoms with van der Waals surface area (Å²) < 4.78 is 0. The van der Waals surface area contributed by atoms with Gasteiger partial charge >= 0.3 is 5.97 Å². The molecule has 0 fully saturated rings. The van der Waals surface area contributed by atoms with Gasteiger partial charge in [0.25, 0.3) is 0 Å². The number of ketones is 2. The van der Waals surface area contributed by atoms with Crippen molar-refractivity contribution in [2.75, 3.05) is 0 Å². The molecule has 0 heterocycles. The normalized spacial score (nSPS) is 34.0. The number of rotatable bonds is 1. The summed E-state index contributed by atoms with van der Waals surface area (Å²) in [4.78, 5) is 34.0. The summed E-state index contributed by atoms with van der Waals surface area (Å²) in [6.45, 7) is 0. The molecule has 0 aromatic heterocycles. The summed E-state index contributed by atoms with van der Waals surface area (Å²) >= 11 is 0. The molecule has 15 heavy (non-hydrogen) atoms. The molecule has 2 aliphatic carbocycles. The lowest BCUT2D eigenvalue weighted by Gasteiger charge is -2.31. The van der Waals surface area contributed by atoms with E-state index in [-0.39, 0.29) is 11.6 Å². The standard InChI is InChI=1S/C11H10O4/c12-8-4-5-9(13)10-6(8)2-1-3-7(10)11(14)15/h1,3-7,10H,2H2,(H,14,15)/t6-,7+,10-/m0/s1. The first kappa shape index (κ1) is 9.83. The van der Waals surface area contributed by atoms with Gasteiger partial charge in [0, 0.05) is 11.8 Å². The molecule has 0 saturated heterocycles. The van der Waals surface area contributed by atoms with Crippen LogP contribution in [0.3, 0.4) is 0 Å². The average Bonchev–Trinajstić information content (AvgIpc) is 2.23. The molecule has 0 aliphatic heterocycles. The van der Waals surface area contributed by atoms with Crippen LogP contribution in [0.1, 0.15) is 6.42 Å². The van der Waals surface area contributed by atoms with Crippen molar-refractivity contribution in [1.82, 2.24) is 0 Å². The summed E-state index contributed by atoms with van der Waals surface area (Å²) in [7, 11) is 0. The van der Waals surface area contributed by atoms with Crippen LogP contribution in [0.25, 0.3) is 0 Å². The number of carboxylic acid groups (broad SMARTS) is 1. The second kappa shape index (κ2) is 3.46. The van der Waals surface area contributed by atoms with Gasteiger partial charge in [-0.25, -0.2) is 0 Å². The first-order valence-corrected chi connectivity index (χ1v) is 4.76. The molecule has 0 bridgehead atoms. The maximum atomic E-state index is 11.6. The molecule has 4 heteroatoms. The monoisotopic (exact) mass is 206 g/mol. The predicted molar refractivity (Wildman–Crippen MR) is 51.0 cm³/mol. The molecule has 0 unspecified atom stereocenters. The summed E-state index contributed by atoms with van der Waals surface area (Å²) in [6.07, 6.45) is 6.08. The van der Waals surface area contributed by atoms with Crippen molar-refractivity contribution in [2.24, 2.45) is 17.8 Å². The molecule has 1 N–H and O–H groups in total. The lowest BCUT2D eigenvalue weighted by Crippen LogP contribution is -2.41. The van der Waals surface area contributed by atoms with Crippen molar-refractivity contribution in [1.29, 1.82) is 0 Å². The minimum absolute atomic E-state index is 0.143. The number of carbonyl (C=O) groups excluding carboxylic acids is 2. The Morgan fingerprint density at radius 3 is 2.60 bits per heavy atom. The molecular weight excluding hydrogens is 196 g/mol. The van der Waals surface area contributed by atoms with E-state index < -0.39 is 23.7 Å². The topological polar surface area (TPSA) is 71.4 Å². The van der Waals surface area contributed by atoms with E-state index in [1.54, 1.807) is 6.08 Å². The third-order valence-corrected chi connectivity index (χ3v) is 2.94. The van der Waals surface area contributed by atoms with E-state index >= 15 is 0 Å². The maximum Gasteiger partial charge on any atom is 0.311 e. The predicted octanol–water partition coefficient (Wildman–Crippen LogP) is 0.587. The number of carbonyl (C=O) groups is 3. The van der Waals surface area contributed by atoms with E-state index in [9.17, 15) is 14.4 Å². The SMILES string of the molecule is O=C1C=CC(=O)[C@@H]2CC=C[C@@H](C(=O)O)[C@@H]12. The van der Waals surface area contributed by atoms with Gasteiger partial charge in [0.15, 0.2) is 11.6 Å². The largest absolute Gasteiger partial charge is 0.481 e. The lowest BCUT2D eigenvalue weighted by atomic mass is 9.69. The van der Waals surface area contributed by atoms with Gasteiger partial charge in [-0.15, -0.1) is 0 Å². The molecule has 0 radical (unpaired) electrons. The zero-order valence-corrected chi connectivity index (χ0v) is 7.92. The highest BCUT2D eigenvalue weighted by molar-refractivity contribution is 6.08. The van der Waals surface area contributed by atoms with Gasteiger partial charge in [0.1, 0.15) is 0 Å². The number of allylic oxidation sites excluding steroid dienone is 3. The van der Waals surface area contributed by atoms with Gasteiger partial charge in [-0.2, -0.15) is 0 Å². The molecule has 0 spiro atoms. The Labute approximate surface area is 86.3 Å². The van der Waals surface area contributed by atoms with Gasteiger partial charge < -0.3 is 5.11 Å². The zero-order chi connectivity index (χ0) is 11.0. The van der Waals surface area contributed by atoms with E-state index in [2.05, 4.69) is 0 Å². The van der Waals surface area contributed by atoms with Crippen molar-refractivity contribution < 1.29 is 19.5 Å². The van der Waals surface area contributed by atoms with Crippen LogP contribution in [0.5, 0.6) is 0 Å². The average molecular weight is 206 g/mol. The number of hydrogen-bond acceptors (Lipinski definition) is 3. The van der Waals surface area contributed by atoms with Crippen LogP contribution in [-0.2, 0) is 14.4 Å². The molecule has 2 rings (SSSR count). The van der Waals surface area contributed by atoms with E-state index in [1.165, 1.54) is 18.2 Å². The van der Waals surface area contributed by atoms with Crippen LogP contribution >= 0.6 is 0 Å². The van der Waals surface area contributed by atoms with Crippen molar-refractivity contribution >= 4 is 17.5 Å². The molecule has 0 aromatic rings. The molecule has 0 amide bonds. The van der Waals surface area contributed by atoms with Crippen LogP contribution in [0.15, 0.2) is 24.3 Å². The Hall–Kier alpha value is -1.71. The minimum atomic E-state index is -1.04. The Bertz CT molecular complexity index is 391. The molecular formula is C11H10O4. The van der Waals surface area contributed by atoms with Crippen LogP contribution in [0.4, 0.5) is 0 Å². The molecule has 0 saturated carbocycles. The third kappa shape index (κ3) is 1.52. The molecule has 78 valence electrons. The first-order valence-electron chi connectivity index (χ1n) is 4.76. The fourth-order valence-corrected chi connectivity index (χ4v) is 2.19. The Balaban J connectivity index is 2.40. The van der Waals surface area contributed by atoms with Gasteiger partial charge in [0.05, 0.1) is 5.92 Å². The number of aliphatic carboxylic acids is 1. The minimum Gasteiger partial charge on any atom is -0.481 e. The lowest BCUT2D eigenvalue weighted by molar-refractivity contribution is -0.146. The second-order valence-electron chi connectivity index (χ2n) is 3.80. The van der Waals surface area contributed by atoms with Crippen LogP contribution in [0.2, 0.25) is 0 Å². The second-order valence-corrected chi connectivity index (χ2v) is 3.80. The Morgan fingerprint density at radius 1 is 1.27 bits per heavy atom. The zero-order valence-electron chi connectivity index (χ0n) is 7.92. The van der Waals surface area contributed by atoms with Crippen LogP contribution < -0.4 is 0 Å². The maximum absolute atomic E-state index is 11.6. The Kier molecular flexibility index (Phi) is 2.26. The van der Waals surface area contributed by atoms with Gasteiger partial charge in [-0.05, 0) is 18.6 Å². The summed E-state index contributed by atoms with van der Waals surface area (Å²) in [5, 5.41) is 8.94. The Morgan fingerprint density at radius 2 is 1.93 bits per heavy atom. The quantitative estimate of drug-likeness (QED) is 0.637. The fourth-order valence-electron chi connectivity index (χ4n) is 2.19. The molecule has 4 nitrogen and oxygen atoms in total. The number of hydrogen-bond donors (Lipinski definition) is 1. The van der Waals surface area contributed by atoms with Crippen molar-refractivity contribution in [3.05, 3.63) is 24.3 Å². The van der Waals surface area contributed by atoms with Gasteiger partial charge in [-0.1, -0.05) is 12.2 Å². The number of fused-ring (bicyclic) bond motifs is 1. The highest BCUT2D eigenvalue weighted by Crippen LogP contribution is 2.34. The van der Waals surface area contributed by atoms with Crippen LogP contribution in [0, 0.1) is 17.8 Å². The van der Waals surface area contributed by atoms with Gasteiger partial charge in [-0.3, -0.25) is 14.4 Å². The summed E-state index contributed by atoms with van der Waals surface area (Å²) in [6, 6.07) is 0. The van der Waals surface area contributed by atoms with Crippen molar-refractivity contribution in [3.63, 3.8) is 0 Å². The van der Waals surface area contributed by atoms with E-state index in [4.69, 9.17) is 5.11 Å². The summed E-state index contributed by atoms with van der Waals surface area (Å²) in [5.41, 5.74) is 0. The molecule has 3 atom stereocenters. The van der Waals surface area contributed by atoms with E-state index in [0.717, 1.165) is 0 Å². The number of carboxylic acids is 1. The van der Waals surface area contributed by atoms with E-state index in [1.807, 2.05) is 0 Å². The van der Waals surface area contributed by atoms with Crippen LogP contribution in [-0.4, -0.2) is 22.6 Å². The highest BCUT2D eigenvalue weighted by Gasteiger charge is 2.43. The van der Waals surface area contributed by atoms with Crippen molar-refractivity contribution in [3.8, 4) is 0 Å².